The third kappa shape index (κ3) is 1.79. The zero-order chi connectivity index (χ0) is 14.4. The number of fused-ring (bicyclic) bond motifs is 1. The number of hydrogen-bond donors (Lipinski definition) is 0. The van der Waals surface area contributed by atoms with Crippen molar-refractivity contribution in [3.05, 3.63) is 41.7 Å². The lowest BCUT2D eigenvalue weighted by Crippen LogP contribution is -2.31. The minimum absolute atomic E-state index is 0.0468. The van der Waals surface area contributed by atoms with Crippen LogP contribution in [0.3, 0.4) is 0 Å². The summed E-state index contributed by atoms with van der Waals surface area (Å²) >= 11 is 0. The fraction of sp³-hybridized carbons (Fsp3) is 0.375. The Morgan fingerprint density at radius 2 is 2.00 bits per heavy atom. The second kappa shape index (κ2) is 4.54. The Kier molecular flexibility index (Phi) is 2.96. The van der Waals surface area contributed by atoms with Gasteiger partial charge in [0.1, 0.15) is 5.82 Å². The van der Waals surface area contributed by atoms with Crippen molar-refractivity contribution in [2.24, 2.45) is 17.8 Å². The predicted molar refractivity (Wildman–Crippen MR) is 73.5 cm³/mol. The first kappa shape index (κ1) is 13.0. The van der Waals surface area contributed by atoms with Gasteiger partial charge >= 0.3 is 0 Å². The van der Waals surface area contributed by atoms with Gasteiger partial charge in [-0.2, -0.15) is 0 Å². The van der Waals surface area contributed by atoms with Crippen LogP contribution in [0.15, 0.2) is 30.4 Å². The highest BCUT2D eigenvalue weighted by Gasteiger charge is 2.50. The number of anilines is 1. The molecule has 1 aromatic rings. The first-order valence-electron chi connectivity index (χ1n) is 6.81. The van der Waals surface area contributed by atoms with Crippen LogP contribution in [0.4, 0.5) is 10.1 Å². The minimum atomic E-state index is -0.399. The molecular weight excluding hydrogens is 257 g/mol. The van der Waals surface area contributed by atoms with Crippen LogP contribution in [0.2, 0.25) is 0 Å². The van der Waals surface area contributed by atoms with Crippen molar-refractivity contribution < 1.29 is 14.0 Å². The van der Waals surface area contributed by atoms with E-state index in [1.54, 1.807) is 19.1 Å². The number of aryl methyl sites for hydroxylation is 1. The first-order valence-corrected chi connectivity index (χ1v) is 6.81. The van der Waals surface area contributed by atoms with Crippen LogP contribution in [0.1, 0.15) is 18.9 Å². The molecule has 0 bridgehead atoms. The molecule has 1 aliphatic carbocycles. The normalized spacial score (nSPS) is 28.9. The molecule has 0 spiro atoms. The van der Waals surface area contributed by atoms with Gasteiger partial charge in [-0.3, -0.25) is 9.59 Å². The van der Waals surface area contributed by atoms with E-state index in [-0.39, 0.29) is 29.6 Å². The molecule has 0 saturated carbocycles. The lowest BCUT2D eigenvalue weighted by Gasteiger charge is -2.22. The Labute approximate surface area is 117 Å². The summed E-state index contributed by atoms with van der Waals surface area (Å²) in [6, 6.07) is 4.49. The number of carbonyl (C=O) groups excluding carboxylic acids is 2. The van der Waals surface area contributed by atoms with Crippen LogP contribution >= 0.6 is 0 Å². The standard InChI is InChI=1S/C16H16FNO2/c1-9-6-7-11(8-13(9)17)18-15(19)12-5-3-4-10(2)14(12)16(18)20/h3-4,6-8,10,12,14H,5H2,1-2H3. The number of imide groups is 1. The summed E-state index contributed by atoms with van der Waals surface area (Å²) in [5, 5.41) is 0. The van der Waals surface area contributed by atoms with Gasteiger partial charge in [0.25, 0.3) is 0 Å². The second-order valence-electron chi connectivity index (χ2n) is 5.60. The highest BCUT2D eigenvalue weighted by atomic mass is 19.1. The van der Waals surface area contributed by atoms with Gasteiger partial charge in [-0.25, -0.2) is 9.29 Å². The highest BCUT2D eigenvalue weighted by Crippen LogP contribution is 2.40. The number of carbonyl (C=O) groups is 2. The molecule has 1 aliphatic heterocycles. The van der Waals surface area contributed by atoms with Crippen molar-refractivity contribution >= 4 is 17.5 Å². The van der Waals surface area contributed by atoms with E-state index in [0.717, 1.165) is 4.90 Å². The largest absolute Gasteiger partial charge is 0.274 e. The van der Waals surface area contributed by atoms with Crippen LogP contribution in [0.5, 0.6) is 0 Å². The second-order valence-corrected chi connectivity index (χ2v) is 5.60. The summed E-state index contributed by atoms with van der Waals surface area (Å²) in [7, 11) is 0. The molecule has 3 nitrogen and oxygen atoms in total. The molecule has 3 atom stereocenters. The minimum Gasteiger partial charge on any atom is -0.274 e. The molecule has 0 radical (unpaired) electrons. The van der Waals surface area contributed by atoms with Gasteiger partial charge in [0.05, 0.1) is 17.5 Å². The number of allylic oxidation sites excluding steroid dienone is 2. The number of rotatable bonds is 1. The Morgan fingerprint density at radius 1 is 1.25 bits per heavy atom. The van der Waals surface area contributed by atoms with Crippen LogP contribution < -0.4 is 4.90 Å². The fourth-order valence-corrected chi connectivity index (χ4v) is 3.12. The molecule has 3 rings (SSSR count). The summed E-state index contributed by atoms with van der Waals surface area (Å²) < 4.78 is 13.7. The van der Waals surface area contributed by atoms with E-state index in [4.69, 9.17) is 0 Å². The van der Waals surface area contributed by atoms with E-state index in [1.165, 1.54) is 6.07 Å². The lowest BCUT2D eigenvalue weighted by atomic mass is 9.78. The van der Waals surface area contributed by atoms with Crippen molar-refractivity contribution in [2.45, 2.75) is 20.3 Å². The van der Waals surface area contributed by atoms with Crippen LogP contribution in [0.25, 0.3) is 0 Å². The van der Waals surface area contributed by atoms with Gasteiger partial charge in [-0.05, 0) is 37.0 Å². The van der Waals surface area contributed by atoms with Gasteiger partial charge in [-0.1, -0.05) is 25.1 Å². The van der Waals surface area contributed by atoms with E-state index >= 15 is 0 Å². The smallest absolute Gasteiger partial charge is 0.238 e. The molecule has 0 N–H and O–H groups in total. The van der Waals surface area contributed by atoms with Crippen molar-refractivity contribution in [1.82, 2.24) is 0 Å². The molecule has 3 unspecified atom stereocenters. The summed E-state index contributed by atoms with van der Waals surface area (Å²) in [6.07, 6.45) is 4.52. The number of nitrogens with zero attached hydrogens (tertiary/aromatic N) is 1. The van der Waals surface area contributed by atoms with Crippen LogP contribution in [-0.4, -0.2) is 11.8 Å². The van der Waals surface area contributed by atoms with Crippen molar-refractivity contribution in [1.29, 1.82) is 0 Å². The third-order valence-corrected chi connectivity index (χ3v) is 4.29. The average molecular weight is 273 g/mol. The molecule has 1 heterocycles. The van der Waals surface area contributed by atoms with Crippen molar-refractivity contribution in [3.63, 3.8) is 0 Å². The molecule has 104 valence electrons. The van der Waals surface area contributed by atoms with Crippen LogP contribution in [-0.2, 0) is 9.59 Å². The lowest BCUT2D eigenvalue weighted by molar-refractivity contribution is -0.122. The third-order valence-electron chi connectivity index (χ3n) is 4.29. The molecule has 20 heavy (non-hydrogen) atoms. The number of amides is 2. The SMILES string of the molecule is Cc1ccc(N2C(=O)C3CC=CC(C)C3C2=O)cc1F. The Morgan fingerprint density at radius 3 is 2.65 bits per heavy atom. The van der Waals surface area contributed by atoms with E-state index in [0.29, 0.717) is 17.7 Å². The molecule has 1 saturated heterocycles. The zero-order valence-electron chi connectivity index (χ0n) is 11.5. The molecule has 0 aromatic heterocycles. The van der Waals surface area contributed by atoms with E-state index in [1.807, 2.05) is 19.1 Å². The summed E-state index contributed by atoms with van der Waals surface area (Å²) in [4.78, 5) is 26.1. The monoisotopic (exact) mass is 273 g/mol. The number of benzene rings is 1. The number of halogens is 1. The molecule has 1 fully saturated rings. The molecule has 1 aromatic carbocycles. The topological polar surface area (TPSA) is 37.4 Å². The van der Waals surface area contributed by atoms with Crippen molar-refractivity contribution in [2.75, 3.05) is 4.90 Å². The Bertz CT molecular complexity index is 623. The van der Waals surface area contributed by atoms with E-state index in [9.17, 15) is 14.0 Å². The maximum atomic E-state index is 13.7. The van der Waals surface area contributed by atoms with Gasteiger partial charge in [0.15, 0.2) is 0 Å². The first-order chi connectivity index (χ1) is 9.50. The maximum absolute atomic E-state index is 13.7. The quantitative estimate of drug-likeness (QED) is 0.583. The summed E-state index contributed by atoms with van der Waals surface area (Å²) in [5.74, 6) is -1.38. The molecule has 2 aliphatic rings. The average Bonchev–Trinajstić information content (AvgIpc) is 2.67. The highest BCUT2D eigenvalue weighted by molar-refractivity contribution is 6.22. The van der Waals surface area contributed by atoms with Gasteiger partial charge in [0.2, 0.25) is 11.8 Å². The van der Waals surface area contributed by atoms with Crippen LogP contribution in [0, 0.1) is 30.5 Å². The van der Waals surface area contributed by atoms with Crippen molar-refractivity contribution in [3.8, 4) is 0 Å². The molecular formula is C16H16FNO2. The summed E-state index contributed by atoms with van der Waals surface area (Å²) in [6.45, 7) is 3.59. The Balaban J connectivity index is 2.01. The predicted octanol–water partition coefficient (Wildman–Crippen LogP) is 2.84. The fourth-order valence-electron chi connectivity index (χ4n) is 3.12. The van der Waals surface area contributed by atoms with Gasteiger partial charge in [-0.15, -0.1) is 0 Å². The molecule has 2 amide bonds. The summed E-state index contributed by atoms with van der Waals surface area (Å²) in [5.41, 5.74) is 0.838. The zero-order valence-corrected chi connectivity index (χ0v) is 11.5. The van der Waals surface area contributed by atoms with E-state index < -0.39 is 5.82 Å². The van der Waals surface area contributed by atoms with E-state index in [2.05, 4.69) is 0 Å². The van der Waals surface area contributed by atoms with Gasteiger partial charge in [0, 0.05) is 0 Å². The number of hydrogen-bond acceptors (Lipinski definition) is 2. The Hall–Kier alpha value is -1.97. The van der Waals surface area contributed by atoms with Gasteiger partial charge < -0.3 is 0 Å². The maximum Gasteiger partial charge on any atom is 0.238 e. The molecule has 4 heteroatoms.